The van der Waals surface area contributed by atoms with Crippen molar-refractivity contribution in [3.8, 4) is 6.07 Å². The number of rotatable bonds is 3. The largest absolute Gasteiger partial charge is 0.378 e. The minimum Gasteiger partial charge on any atom is -0.378 e. The van der Waals surface area contributed by atoms with Crippen molar-refractivity contribution in [1.29, 1.82) is 5.26 Å². The molecule has 0 bridgehead atoms. The molecule has 2 aromatic rings. The summed E-state index contributed by atoms with van der Waals surface area (Å²) >= 11 is 3.38. The topological polar surface area (TPSA) is 61.6 Å². The SMILES string of the molecule is N#Cc1ccc(Br)cc1NCc1ccncn1. The summed E-state index contributed by atoms with van der Waals surface area (Å²) in [6.45, 7) is 0.563. The van der Waals surface area contributed by atoms with Crippen molar-refractivity contribution in [2.45, 2.75) is 6.54 Å². The molecule has 0 atom stereocenters. The Morgan fingerprint density at radius 2 is 2.24 bits per heavy atom. The molecular formula is C12H9BrN4. The Labute approximate surface area is 107 Å². The number of nitrogens with one attached hydrogen (secondary N) is 1. The van der Waals surface area contributed by atoms with Crippen LogP contribution in [0.2, 0.25) is 0 Å². The Bertz CT molecular complexity index is 548. The molecule has 5 heteroatoms. The summed E-state index contributed by atoms with van der Waals surface area (Å²) in [5.74, 6) is 0. The van der Waals surface area contributed by atoms with Crippen LogP contribution in [0.15, 0.2) is 41.3 Å². The molecule has 0 saturated carbocycles. The molecule has 0 spiro atoms. The third-order valence-corrected chi connectivity index (χ3v) is 2.70. The van der Waals surface area contributed by atoms with E-state index >= 15 is 0 Å². The van der Waals surface area contributed by atoms with Crippen molar-refractivity contribution in [2.75, 3.05) is 5.32 Å². The van der Waals surface area contributed by atoms with Crippen molar-refractivity contribution in [2.24, 2.45) is 0 Å². The Balaban J connectivity index is 2.14. The Morgan fingerprint density at radius 1 is 1.35 bits per heavy atom. The van der Waals surface area contributed by atoms with Crippen molar-refractivity contribution in [3.63, 3.8) is 0 Å². The summed E-state index contributed by atoms with van der Waals surface area (Å²) in [7, 11) is 0. The van der Waals surface area contributed by atoms with Crippen LogP contribution in [0.1, 0.15) is 11.3 Å². The number of halogens is 1. The molecule has 84 valence electrons. The molecule has 0 aliphatic carbocycles. The summed E-state index contributed by atoms with van der Waals surface area (Å²) in [4.78, 5) is 7.95. The Morgan fingerprint density at radius 3 is 2.94 bits per heavy atom. The maximum atomic E-state index is 8.98. The number of nitrogens with zero attached hydrogens (tertiary/aromatic N) is 3. The molecule has 17 heavy (non-hydrogen) atoms. The van der Waals surface area contributed by atoms with Crippen molar-refractivity contribution in [1.82, 2.24) is 9.97 Å². The van der Waals surface area contributed by atoms with Crippen LogP contribution < -0.4 is 5.32 Å². The second kappa shape index (κ2) is 5.41. The van der Waals surface area contributed by atoms with Gasteiger partial charge in [-0.3, -0.25) is 0 Å². The summed E-state index contributed by atoms with van der Waals surface area (Å²) < 4.78 is 0.932. The minimum atomic E-state index is 0.563. The molecule has 1 aromatic carbocycles. The van der Waals surface area contributed by atoms with E-state index in [1.165, 1.54) is 6.33 Å². The van der Waals surface area contributed by atoms with Crippen LogP contribution in [0, 0.1) is 11.3 Å². The van der Waals surface area contributed by atoms with E-state index in [1.54, 1.807) is 12.3 Å². The molecule has 1 aromatic heterocycles. The third-order valence-electron chi connectivity index (χ3n) is 2.21. The smallest absolute Gasteiger partial charge is 0.115 e. The van der Waals surface area contributed by atoms with Crippen molar-refractivity contribution in [3.05, 3.63) is 52.5 Å². The maximum Gasteiger partial charge on any atom is 0.115 e. The van der Waals surface area contributed by atoms with Crippen molar-refractivity contribution >= 4 is 21.6 Å². The van der Waals surface area contributed by atoms with E-state index in [2.05, 4.69) is 37.3 Å². The highest BCUT2D eigenvalue weighted by atomic mass is 79.9. The molecule has 0 aliphatic heterocycles. The standard InChI is InChI=1S/C12H9BrN4/c13-10-2-1-9(6-14)12(5-10)16-7-11-3-4-15-8-17-11/h1-5,8,16H,7H2. The lowest BCUT2D eigenvalue weighted by atomic mass is 10.2. The predicted octanol–water partition coefficient (Wildman–Crippen LogP) is 2.72. The fraction of sp³-hybridized carbons (Fsp3) is 0.0833. The quantitative estimate of drug-likeness (QED) is 0.943. The zero-order chi connectivity index (χ0) is 12.1. The van der Waals surface area contributed by atoms with Gasteiger partial charge in [-0.1, -0.05) is 15.9 Å². The number of hydrogen-bond donors (Lipinski definition) is 1. The Hall–Kier alpha value is -1.93. The molecule has 0 amide bonds. The number of anilines is 1. The fourth-order valence-electron chi connectivity index (χ4n) is 1.37. The summed E-state index contributed by atoms with van der Waals surface area (Å²) in [6.07, 6.45) is 3.19. The minimum absolute atomic E-state index is 0.563. The lowest BCUT2D eigenvalue weighted by molar-refractivity contribution is 1.01. The summed E-state index contributed by atoms with van der Waals surface area (Å²) in [5.41, 5.74) is 2.28. The average Bonchev–Trinajstić information content (AvgIpc) is 2.38. The predicted molar refractivity (Wildman–Crippen MR) is 68.2 cm³/mol. The highest BCUT2D eigenvalue weighted by molar-refractivity contribution is 9.10. The van der Waals surface area contributed by atoms with Crippen LogP contribution in [0.25, 0.3) is 0 Å². The van der Waals surface area contributed by atoms with Crippen LogP contribution in [0.4, 0.5) is 5.69 Å². The van der Waals surface area contributed by atoms with Gasteiger partial charge in [-0.15, -0.1) is 0 Å². The fourth-order valence-corrected chi connectivity index (χ4v) is 1.73. The molecule has 2 rings (SSSR count). The van der Waals surface area contributed by atoms with Gasteiger partial charge < -0.3 is 5.32 Å². The first-order valence-corrected chi connectivity index (χ1v) is 5.77. The molecule has 0 aliphatic rings. The van der Waals surface area contributed by atoms with Gasteiger partial charge in [0.2, 0.25) is 0 Å². The van der Waals surface area contributed by atoms with Gasteiger partial charge in [0.15, 0.2) is 0 Å². The highest BCUT2D eigenvalue weighted by Crippen LogP contribution is 2.21. The van der Waals surface area contributed by atoms with Crippen LogP contribution in [-0.4, -0.2) is 9.97 Å². The second-order valence-electron chi connectivity index (χ2n) is 3.36. The first-order chi connectivity index (χ1) is 8.29. The van der Waals surface area contributed by atoms with Crippen LogP contribution in [-0.2, 0) is 6.54 Å². The maximum absolute atomic E-state index is 8.98. The molecule has 0 unspecified atom stereocenters. The zero-order valence-electron chi connectivity index (χ0n) is 8.89. The molecular weight excluding hydrogens is 280 g/mol. The van der Waals surface area contributed by atoms with Crippen LogP contribution in [0.5, 0.6) is 0 Å². The molecule has 1 heterocycles. The summed E-state index contributed by atoms with van der Waals surface area (Å²) in [6, 6.07) is 9.46. The monoisotopic (exact) mass is 288 g/mol. The first-order valence-electron chi connectivity index (χ1n) is 4.98. The van der Waals surface area contributed by atoms with E-state index < -0.39 is 0 Å². The summed E-state index contributed by atoms with van der Waals surface area (Å²) in [5, 5.41) is 12.2. The van der Waals surface area contributed by atoms with E-state index in [1.807, 2.05) is 18.2 Å². The van der Waals surface area contributed by atoms with E-state index in [0.717, 1.165) is 15.9 Å². The lowest BCUT2D eigenvalue weighted by Gasteiger charge is -2.07. The number of aromatic nitrogens is 2. The molecule has 4 nitrogen and oxygen atoms in total. The molecule has 0 saturated heterocycles. The zero-order valence-corrected chi connectivity index (χ0v) is 10.5. The van der Waals surface area contributed by atoms with Crippen molar-refractivity contribution < 1.29 is 0 Å². The van der Waals surface area contributed by atoms with Crippen LogP contribution >= 0.6 is 15.9 Å². The number of nitriles is 1. The Kier molecular flexibility index (Phi) is 3.68. The first kappa shape index (κ1) is 11.6. The van der Waals surface area contributed by atoms with Gasteiger partial charge in [-0.25, -0.2) is 9.97 Å². The third kappa shape index (κ3) is 3.02. The highest BCUT2D eigenvalue weighted by Gasteiger charge is 2.02. The molecule has 0 fully saturated rings. The van der Waals surface area contributed by atoms with Gasteiger partial charge in [0.25, 0.3) is 0 Å². The van der Waals surface area contributed by atoms with E-state index in [0.29, 0.717) is 12.1 Å². The van der Waals surface area contributed by atoms with Gasteiger partial charge in [-0.05, 0) is 24.3 Å². The number of hydrogen-bond acceptors (Lipinski definition) is 4. The van der Waals surface area contributed by atoms with Gasteiger partial charge >= 0.3 is 0 Å². The van der Waals surface area contributed by atoms with E-state index in [4.69, 9.17) is 5.26 Å². The normalized spacial score (nSPS) is 9.65. The van der Waals surface area contributed by atoms with Gasteiger partial charge in [-0.2, -0.15) is 5.26 Å². The van der Waals surface area contributed by atoms with Gasteiger partial charge in [0.1, 0.15) is 12.4 Å². The van der Waals surface area contributed by atoms with E-state index in [9.17, 15) is 0 Å². The molecule has 1 N–H and O–H groups in total. The second-order valence-corrected chi connectivity index (χ2v) is 4.27. The van der Waals surface area contributed by atoms with E-state index in [-0.39, 0.29) is 0 Å². The van der Waals surface area contributed by atoms with Gasteiger partial charge in [0.05, 0.1) is 23.5 Å². The van der Waals surface area contributed by atoms with Crippen LogP contribution in [0.3, 0.4) is 0 Å². The number of benzene rings is 1. The lowest BCUT2D eigenvalue weighted by Crippen LogP contribution is -2.03. The van der Waals surface area contributed by atoms with Gasteiger partial charge in [0, 0.05) is 10.7 Å². The molecule has 0 radical (unpaired) electrons. The average molecular weight is 289 g/mol.